The second-order valence-electron chi connectivity index (χ2n) is 5.82. The number of rotatable bonds is 9. The van der Waals surface area contributed by atoms with E-state index < -0.39 is 0 Å². The van der Waals surface area contributed by atoms with Crippen molar-refractivity contribution in [3.05, 3.63) is 53.6 Å². The van der Waals surface area contributed by atoms with Crippen LogP contribution in [0, 0.1) is 6.92 Å². The predicted octanol–water partition coefficient (Wildman–Crippen LogP) is 2.40. The first-order valence-corrected chi connectivity index (χ1v) is 8.48. The van der Waals surface area contributed by atoms with E-state index in [0.29, 0.717) is 35.9 Å². The number of hydrogen-bond acceptors (Lipinski definition) is 5. The highest BCUT2D eigenvalue weighted by molar-refractivity contribution is 5.96. The Bertz CT molecular complexity index is 774. The first kappa shape index (κ1) is 20.3. The van der Waals surface area contributed by atoms with Crippen molar-refractivity contribution in [2.24, 2.45) is 0 Å². The summed E-state index contributed by atoms with van der Waals surface area (Å²) in [6, 6.07) is 12.1. The number of methoxy groups -OCH3 is 2. The SMILES string of the molecule is COCCNC(=O)c1ccc(NC(=O)COc2ccc(C)cc2OC)cc1. The largest absolute Gasteiger partial charge is 0.493 e. The fourth-order valence-corrected chi connectivity index (χ4v) is 2.31. The van der Waals surface area contributed by atoms with E-state index >= 15 is 0 Å². The van der Waals surface area contributed by atoms with Gasteiger partial charge >= 0.3 is 0 Å². The van der Waals surface area contributed by atoms with Crippen LogP contribution in [0.3, 0.4) is 0 Å². The molecule has 2 amide bonds. The van der Waals surface area contributed by atoms with Gasteiger partial charge in [0.15, 0.2) is 18.1 Å². The van der Waals surface area contributed by atoms with E-state index in [0.717, 1.165) is 5.56 Å². The van der Waals surface area contributed by atoms with Gasteiger partial charge in [-0.2, -0.15) is 0 Å². The summed E-state index contributed by atoms with van der Waals surface area (Å²) in [5.74, 6) is 0.572. The van der Waals surface area contributed by atoms with Crippen LogP contribution in [0.5, 0.6) is 11.5 Å². The number of hydrogen-bond donors (Lipinski definition) is 2. The maximum atomic E-state index is 12.1. The van der Waals surface area contributed by atoms with Crippen LogP contribution in [0.2, 0.25) is 0 Å². The van der Waals surface area contributed by atoms with Gasteiger partial charge in [-0.3, -0.25) is 9.59 Å². The Morgan fingerprint density at radius 1 is 1.00 bits per heavy atom. The van der Waals surface area contributed by atoms with Gasteiger partial charge in [0, 0.05) is 24.9 Å². The Labute approximate surface area is 158 Å². The van der Waals surface area contributed by atoms with Crippen molar-refractivity contribution in [2.45, 2.75) is 6.92 Å². The van der Waals surface area contributed by atoms with E-state index in [1.165, 1.54) is 0 Å². The first-order valence-electron chi connectivity index (χ1n) is 8.48. The number of amides is 2. The number of ether oxygens (including phenoxy) is 3. The molecule has 0 saturated heterocycles. The molecule has 144 valence electrons. The van der Waals surface area contributed by atoms with Gasteiger partial charge < -0.3 is 24.8 Å². The molecule has 0 radical (unpaired) electrons. The molecule has 0 spiro atoms. The van der Waals surface area contributed by atoms with Crippen LogP contribution in [0.4, 0.5) is 5.69 Å². The van der Waals surface area contributed by atoms with Crippen molar-refractivity contribution in [1.82, 2.24) is 5.32 Å². The molecule has 0 fully saturated rings. The summed E-state index contributed by atoms with van der Waals surface area (Å²) >= 11 is 0. The molecule has 2 N–H and O–H groups in total. The van der Waals surface area contributed by atoms with Gasteiger partial charge in [0.25, 0.3) is 11.8 Å². The van der Waals surface area contributed by atoms with Crippen molar-refractivity contribution >= 4 is 17.5 Å². The molecule has 0 unspecified atom stereocenters. The van der Waals surface area contributed by atoms with E-state index in [1.54, 1.807) is 44.6 Å². The van der Waals surface area contributed by atoms with Crippen LogP contribution in [0.1, 0.15) is 15.9 Å². The van der Waals surface area contributed by atoms with Gasteiger partial charge in [-0.25, -0.2) is 0 Å². The van der Waals surface area contributed by atoms with Gasteiger partial charge in [-0.1, -0.05) is 6.07 Å². The summed E-state index contributed by atoms with van der Waals surface area (Å²) < 4.78 is 15.7. The highest BCUT2D eigenvalue weighted by Crippen LogP contribution is 2.27. The third-order valence-electron chi connectivity index (χ3n) is 3.70. The highest BCUT2D eigenvalue weighted by Gasteiger charge is 2.09. The monoisotopic (exact) mass is 372 g/mol. The minimum atomic E-state index is -0.310. The molecule has 2 rings (SSSR count). The minimum absolute atomic E-state index is 0.154. The van der Waals surface area contributed by atoms with Crippen LogP contribution in [-0.2, 0) is 9.53 Å². The van der Waals surface area contributed by atoms with Crippen molar-refractivity contribution in [2.75, 3.05) is 39.3 Å². The molecule has 27 heavy (non-hydrogen) atoms. The average Bonchev–Trinajstić information content (AvgIpc) is 2.67. The second-order valence-corrected chi connectivity index (χ2v) is 5.82. The number of benzene rings is 2. The van der Waals surface area contributed by atoms with Gasteiger partial charge in [0.2, 0.25) is 0 Å². The first-order chi connectivity index (χ1) is 13.0. The van der Waals surface area contributed by atoms with Crippen LogP contribution < -0.4 is 20.1 Å². The van der Waals surface area contributed by atoms with Crippen LogP contribution in [0.25, 0.3) is 0 Å². The lowest BCUT2D eigenvalue weighted by Crippen LogP contribution is -2.26. The second kappa shape index (κ2) is 10.2. The molecule has 7 nitrogen and oxygen atoms in total. The Morgan fingerprint density at radius 2 is 1.74 bits per heavy atom. The molecule has 0 heterocycles. The summed E-state index contributed by atoms with van der Waals surface area (Å²) in [6.45, 7) is 2.68. The Morgan fingerprint density at radius 3 is 2.41 bits per heavy atom. The molecule has 2 aromatic carbocycles. The van der Waals surface area contributed by atoms with Crippen molar-refractivity contribution in [3.8, 4) is 11.5 Å². The standard InChI is InChI=1S/C20H24N2O5/c1-14-4-9-17(18(12-14)26-3)27-13-19(23)22-16-7-5-15(6-8-16)20(24)21-10-11-25-2/h4-9,12H,10-11,13H2,1-3H3,(H,21,24)(H,22,23). The zero-order valence-electron chi connectivity index (χ0n) is 15.7. The van der Waals surface area contributed by atoms with Gasteiger partial charge in [0.1, 0.15) is 0 Å². The topological polar surface area (TPSA) is 85.9 Å². The lowest BCUT2D eigenvalue weighted by Gasteiger charge is -2.11. The molecular weight excluding hydrogens is 348 g/mol. The third kappa shape index (κ3) is 6.31. The molecule has 0 bridgehead atoms. The Balaban J connectivity index is 1.86. The van der Waals surface area contributed by atoms with Crippen molar-refractivity contribution in [3.63, 3.8) is 0 Å². The quantitative estimate of drug-likeness (QED) is 0.660. The van der Waals surface area contributed by atoms with E-state index in [-0.39, 0.29) is 18.4 Å². The van der Waals surface area contributed by atoms with E-state index in [2.05, 4.69) is 10.6 Å². The number of aryl methyl sites for hydroxylation is 1. The van der Waals surface area contributed by atoms with Crippen LogP contribution in [-0.4, -0.2) is 45.8 Å². The molecule has 0 aliphatic carbocycles. The Kier molecular flexibility index (Phi) is 7.63. The fraction of sp³-hybridized carbons (Fsp3) is 0.300. The van der Waals surface area contributed by atoms with Crippen LogP contribution in [0.15, 0.2) is 42.5 Å². The smallest absolute Gasteiger partial charge is 0.262 e. The zero-order valence-corrected chi connectivity index (χ0v) is 15.7. The van der Waals surface area contributed by atoms with Crippen LogP contribution >= 0.6 is 0 Å². The van der Waals surface area contributed by atoms with Crippen molar-refractivity contribution < 1.29 is 23.8 Å². The van der Waals surface area contributed by atoms with Gasteiger partial charge in [0.05, 0.1) is 13.7 Å². The molecule has 7 heteroatoms. The molecule has 0 aliphatic rings. The van der Waals surface area contributed by atoms with Gasteiger partial charge in [-0.15, -0.1) is 0 Å². The molecule has 2 aromatic rings. The normalized spacial score (nSPS) is 10.2. The summed E-state index contributed by atoms with van der Waals surface area (Å²) in [4.78, 5) is 24.0. The number of anilines is 1. The van der Waals surface area contributed by atoms with E-state index in [9.17, 15) is 9.59 Å². The molecule has 0 saturated carbocycles. The predicted molar refractivity (Wildman–Crippen MR) is 103 cm³/mol. The van der Waals surface area contributed by atoms with E-state index in [1.807, 2.05) is 19.1 Å². The van der Waals surface area contributed by atoms with Gasteiger partial charge in [-0.05, 0) is 48.9 Å². The Hall–Kier alpha value is -3.06. The minimum Gasteiger partial charge on any atom is -0.493 e. The lowest BCUT2D eigenvalue weighted by molar-refractivity contribution is -0.118. The number of carbonyl (C=O) groups is 2. The molecule has 0 atom stereocenters. The third-order valence-corrected chi connectivity index (χ3v) is 3.70. The zero-order chi connectivity index (χ0) is 19.6. The number of nitrogens with one attached hydrogen (secondary N) is 2. The molecular formula is C20H24N2O5. The van der Waals surface area contributed by atoms with Crippen molar-refractivity contribution in [1.29, 1.82) is 0 Å². The summed E-state index contributed by atoms with van der Waals surface area (Å²) in [5, 5.41) is 5.45. The number of carbonyl (C=O) groups excluding carboxylic acids is 2. The average molecular weight is 372 g/mol. The molecule has 0 aliphatic heterocycles. The molecule has 0 aromatic heterocycles. The summed E-state index contributed by atoms with van der Waals surface area (Å²) in [5.41, 5.74) is 2.12. The van der Waals surface area contributed by atoms with E-state index in [4.69, 9.17) is 14.2 Å². The lowest BCUT2D eigenvalue weighted by atomic mass is 10.2. The fourth-order valence-electron chi connectivity index (χ4n) is 2.31. The summed E-state index contributed by atoms with van der Waals surface area (Å²) in [6.07, 6.45) is 0. The highest BCUT2D eigenvalue weighted by atomic mass is 16.5. The summed E-state index contributed by atoms with van der Waals surface area (Å²) in [7, 11) is 3.12. The maximum Gasteiger partial charge on any atom is 0.262 e. The maximum absolute atomic E-state index is 12.1.